The summed E-state index contributed by atoms with van der Waals surface area (Å²) in [5.41, 5.74) is -1.62. The summed E-state index contributed by atoms with van der Waals surface area (Å²) in [6, 6.07) is 0. The minimum Gasteiger partial charge on any atom is -0.481 e. The van der Waals surface area contributed by atoms with E-state index < -0.39 is 28.7 Å². The van der Waals surface area contributed by atoms with Crippen molar-refractivity contribution in [1.82, 2.24) is 0 Å². The van der Waals surface area contributed by atoms with Gasteiger partial charge in [0.1, 0.15) is 0 Å². The smallest absolute Gasteiger partial charge is 0.312 e. The van der Waals surface area contributed by atoms with Crippen molar-refractivity contribution in [2.45, 2.75) is 34.6 Å². The fraction of sp³-hybridized carbons (Fsp3) is 0.833. The Hall–Kier alpha value is -1.14. The van der Waals surface area contributed by atoms with Gasteiger partial charge in [0.05, 0.1) is 24.5 Å². The minimum absolute atomic E-state index is 0.116. The number of hydrogen-bond acceptors (Lipinski definition) is 4. The van der Waals surface area contributed by atoms with Crippen molar-refractivity contribution in [2.75, 3.05) is 13.2 Å². The van der Waals surface area contributed by atoms with Gasteiger partial charge in [0.25, 0.3) is 0 Å². The van der Waals surface area contributed by atoms with Gasteiger partial charge >= 0.3 is 11.9 Å². The number of hydrogen-bond donors (Lipinski definition) is 2. The highest BCUT2D eigenvalue weighted by Crippen LogP contribution is 2.38. The zero-order valence-electron chi connectivity index (χ0n) is 11.5. The van der Waals surface area contributed by atoms with E-state index in [-0.39, 0.29) is 13.2 Å². The molecular formula is C12H22O6. The fourth-order valence-electron chi connectivity index (χ4n) is 0.980. The quantitative estimate of drug-likeness (QED) is 0.413. The lowest BCUT2D eigenvalue weighted by Crippen LogP contribution is -2.44. The predicted molar refractivity (Wildman–Crippen MR) is 63.9 cm³/mol. The van der Waals surface area contributed by atoms with Crippen LogP contribution in [0.1, 0.15) is 34.6 Å². The van der Waals surface area contributed by atoms with Crippen molar-refractivity contribution in [3.63, 3.8) is 0 Å². The van der Waals surface area contributed by atoms with Gasteiger partial charge in [0, 0.05) is 0 Å². The molecule has 6 nitrogen and oxygen atoms in total. The molecule has 18 heavy (non-hydrogen) atoms. The standard InChI is InChI=1S/C12H22O6/c1-8(9(13)14)6-17-18-7-12(5,10(15)16)11(2,3)4/h8H,6-7H2,1-5H3,(H,13,14)(H,15,16). The number of rotatable bonds is 7. The molecule has 0 aliphatic carbocycles. The van der Waals surface area contributed by atoms with Crippen LogP contribution in [0.15, 0.2) is 0 Å². The van der Waals surface area contributed by atoms with Crippen LogP contribution < -0.4 is 0 Å². The Bertz CT molecular complexity index is 306. The van der Waals surface area contributed by atoms with Crippen LogP contribution in [0.25, 0.3) is 0 Å². The van der Waals surface area contributed by atoms with Gasteiger partial charge in [-0.2, -0.15) is 0 Å². The van der Waals surface area contributed by atoms with Crippen molar-refractivity contribution in [3.8, 4) is 0 Å². The lowest BCUT2D eigenvalue weighted by molar-refractivity contribution is -0.318. The van der Waals surface area contributed by atoms with Crippen LogP contribution in [-0.2, 0) is 19.4 Å². The lowest BCUT2D eigenvalue weighted by Gasteiger charge is -2.37. The number of carboxylic acid groups (broad SMARTS) is 2. The number of carboxylic acids is 2. The van der Waals surface area contributed by atoms with Crippen molar-refractivity contribution < 1.29 is 29.6 Å². The molecule has 2 unspecified atom stereocenters. The second-order valence-corrected chi connectivity index (χ2v) is 5.67. The summed E-state index contributed by atoms with van der Waals surface area (Å²) >= 11 is 0. The van der Waals surface area contributed by atoms with Gasteiger partial charge in [0.2, 0.25) is 0 Å². The summed E-state index contributed by atoms with van der Waals surface area (Å²) in [5, 5.41) is 17.9. The number of aliphatic carboxylic acids is 2. The Labute approximate surface area is 107 Å². The van der Waals surface area contributed by atoms with E-state index in [1.54, 1.807) is 27.7 Å². The summed E-state index contributed by atoms with van der Waals surface area (Å²) < 4.78 is 0. The maximum absolute atomic E-state index is 11.3. The molecule has 0 aliphatic heterocycles. The van der Waals surface area contributed by atoms with Gasteiger partial charge < -0.3 is 10.2 Å². The molecule has 0 aromatic rings. The Morgan fingerprint density at radius 2 is 1.61 bits per heavy atom. The van der Waals surface area contributed by atoms with E-state index in [4.69, 9.17) is 14.9 Å². The summed E-state index contributed by atoms with van der Waals surface area (Å²) in [6.45, 7) is 8.18. The molecule has 0 saturated heterocycles. The molecule has 106 valence electrons. The van der Waals surface area contributed by atoms with Gasteiger partial charge in [-0.1, -0.05) is 20.8 Å². The first-order valence-electron chi connectivity index (χ1n) is 5.73. The second kappa shape index (κ2) is 6.15. The van der Waals surface area contributed by atoms with Gasteiger partial charge in [-0.25, -0.2) is 9.78 Å². The van der Waals surface area contributed by atoms with Crippen LogP contribution in [0.2, 0.25) is 0 Å². The average molecular weight is 262 g/mol. The van der Waals surface area contributed by atoms with Crippen LogP contribution in [0.4, 0.5) is 0 Å². The van der Waals surface area contributed by atoms with Crippen molar-refractivity contribution in [2.24, 2.45) is 16.7 Å². The summed E-state index contributed by atoms with van der Waals surface area (Å²) in [5.74, 6) is -2.67. The third-order valence-electron chi connectivity index (χ3n) is 3.30. The third-order valence-corrected chi connectivity index (χ3v) is 3.30. The van der Waals surface area contributed by atoms with Gasteiger partial charge in [-0.15, -0.1) is 0 Å². The summed E-state index contributed by atoms with van der Waals surface area (Å²) in [4.78, 5) is 31.4. The highest BCUT2D eigenvalue weighted by molar-refractivity contribution is 5.75. The summed E-state index contributed by atoms with van der Waals surface area (Å²) in [6.07, 6.45) is 0. The molecule has 0 aliphatic rings. The topological polar surface area (TPSA) is 93.1 Å². The normalized spacial score (nSPS) is 16.9. The molecule has 0 amide bonds. The first kappa shape index (κ1) is 16.9. The molecule has 2 atom stereocenters. The molecule has 0 saturated carbocycles. The van der Waals surface area contributed by atoms with E-state index in [1.807, 2.05) is 0 Å². The molecule has 0 radical (unpaired) electrons. The predicted octanol–water partition coefficient (Wildman–Crippen LogP) is 1.79. The minimum atomic E-state index is -1.11. The zero-order valence-corrected chi connectivity index (χ0v) is 11.5. The van der Waals surface area contributed by atoms with Crippen LogP contribution in [0.3, 0.4) is 0 Å². The molecule has 6 heteroatoms. The van der Waals surface area contributed by atoms with E-state index in [0.717, 1.165) is 0 Å². The molecule has 0 heterocycles. The Morgan fingerprint density at radius 3 is 1.94 bits per heavy atom. The monoisotopic (exact) mass is 262 g/mol. The van der Waals surface area contributed by atoms with Crippen molar-refractivity contribution >= 4 is 11.9 Å². The highest BCUT2D eigenvalue weighted by atomic mass is 17.2. The second-order valence-electron chi connectivity index (χ2n) is 5.67. The van der Waals surface area contributed by atoms with Crippen LogP contribution >= 0.6 is 0 Å². The molecule has 0 spiro atoms. The molecule has 2 N–H and O–H groups in total. The SMILES string of the molecule is CC(COOCC(C)(C(=O)O)C(C)(C)C)C(=O)O. The van der Waals surface area contributed by atoms with E-state index in [1.165, 1.54) is 6.92 Å². The van der Waals surface area contributed by atoms with Gasteiger partial charge in [-0.05, 0) is 19.3 Å². The van der Waals surface area contributed by atoms with Crippen LogP contribution in [0, 0.1) is 16.7 Å². The first-order valence-corrected chi connectivity index (χ1v) is 5.73. The van der Waals surface area contributed by atoms with Gasteiger partial charge in [0.15, 0.2) is 0 Å². The highest BCUT2D eigenvalue weighted by Gasteiger charge is 2.45. The number of carbonyl (C=O) groups is 2. The Balaban J connectivity index is 4.33. The molecule has 0 bridgehead atoms. The average Bonchev–Trinajstić information content (AvgIpc) is 2.21. The first-order chi connectivity index (χ1) is 8.02. The van der Waals surface area contributed by atoms with E-state index in [2.05, 4.69) is 0 Å². The Kier molecular flexibility index (Phi) is 5.76. The van der Waals surface area contributed by atoms with E-state index in [0.29, 0.717) is 0 Å². The van der Waals surface area contributed by atoms with E-state index >= 15 is 0 Å². The Morgan fingerprint density at radius 1 is 1.11 bits per heavy atom. The van der Waals surface area contributed by atoms with Crippen LogP contribution in [0.5, 0.6) is 0 Å². The van der Waals surface area contributed by atoms with E-state index in [9.17, 15) is 14.7 Å². The molecule has 0 aromatic heterocycles. The van der Waals surface area contributed by atoms with Crippen LogP contribution in [-0.4, -0.2) is 35.4 Å². The van der Waals surface area contributed by atoms with Gasteiger partial charge in [-0.3, -0.25) is 9.59 Å². The fourth-order valence-corrected chi connectivity index (χ4v) is 0.980. The summed E-state index contributed by atoms with van der Waals surface area (Å²) in [7, 11) is 0. The maximum Gasteiger partial charge on any atom is 0.312 e. The molecule has 0 rings (SSSR count). The zero-order chi connectivity index (χ0) is 14.6. The lowest BCUT2D eigenvalue weighted by atomic mass is 9.68. The molecular weight excluding hydrogens is 240 g/mol. The molecule has 0 aromatic carbocycles. The van der Waals surface area contributed by atoms with Crippen molar-refractivity contribution in [3.05, 3.63) is 0 Å². The maximum atomic E-state index is 11.3. The third kappa shape index (κ3) is 4.27. The van der Waals surface area contributed by atoms with Crippen molar-refractivity contribution in [1.29, 1.82) is 0 Å². The molecule has 0 fully saturated rings. The largest absolute Gasteiger partial charge is 0.481 e.